The fourth-order valence-electron chi connectivity index (χ4n) is 6.26. The summed E-state index contributed by atoms with van der Waals surface area (Å²) in [6, 6.07) is 4.79. The van der Waals surface area contributed by atoms with Gasteiger partial charge in [0.1, 0.15) is 0 Å². The van der Waals surface area contributed by atoms with Crippen LogP contribution in [0, 0.1) is 18.8 Å². The number of rotatable bonds is 2. The molecule has 4 saturated heterocycles. The van der Waals surface area contributed by atoms with Crippen LogP contribution >= 0.6 is 0 Å². The van der Waals surface area contributed by atoms with Crippen molar-refractivity contribution in [3.8, 4) is 0 Å². The van der Waals surface area contributed by atoms with Crippen LogP contribution in [0.3, 0.4) is 0 Å². The quantitative estimate of drug-likeness (QED) is 0.770. The van der Waals surface area contributed by atoms with Gasteiger partial charge in [-0.2, -0.15) is 0 Å². The van der Waals surface area contributed by atoms with Gasteiger partial charge in [0.2, 0.25) is 5.91 Å². The molecule has 3 atom stereocenters. The van der Waals surface area contributed by atoms with Crippen LogP contribution < -0.4 is 0 Å². The van der Waals surface area contributed by atoms with Crippen molar-refractivity contribution < 1.29 is 9.59 Å². The Bertz CT molecular complexity index is 789. The van der Waals surface area contributed by atoms with Crippen molar-refractivity contribution in [1.29, 1.82) is 0 Å². The van der Waals surface area contributed by atoms with Gasteiger partial charge in [0, 0.05) is 63.1 Å². The lowest BCUT2D eigenvalue weighted by atomic mass is 9.75. The lowest BCUT2D eigenvalue weighted by Gasteiger charge is -2.54. The number of fused-ring (bicyclic) bond motifs is 4. The summed E-state index contributed by atoms with van der Waals surface area (Å²) in [5, 5.41) is 0. The first-order chi connectivity index (χ1) is 14.1. The topological polar surface area (TPSA) is 56.8 Å². The minimum absolute atomic E-state index is 0.126. The molecule has 29 heavy (non-hydrogen) atoms. The van der Waals surface area contributed by atoms with Crippen LogP contribution in [0.1, 0.15) is 54.6 Å². The first-order valence-electron chi connectivity index (χ1n) is 11.3. The van der Waals surface area contributed by atoms with Gasteiger partial charge in [-0.1, -0.05) is 0 Å². The van der Waals surface area contributed by atoms with Gasteiger partial charge < -0.3 is 9.80 Å². The highest BCUT2D eigenvalue weighted by atomic mass is 16.2. The molecular weight excluding hydrogens is 364 g/mol. The molecule has 1 aromatic heterocycles. The Morgan fingerprint density at radius 3 is 2.76 bits per heavy atom. The van der Waals surface area contributed by atoms with Crippen molar-refractivity contribution >= 4 is 11.8 Å². The zero-order chi connectivity index (χ0) is 20.0. The van der Waals surface area contributed by atoms with Gasteiger partial charge in [-0.3, -0.25) is 19.5 Å². The summed E-state index contributed by atoms with van der Waals surface area (Å²) in [6.07, 6.45) is 8.15. The molecule has 1 aromatic rings. The molecule has 0 saturated carbocycles. The predicted molar refractivity (Wildman–Crippen MR) is 110 cm³/mol. The number of likely N-dealkylation sites (tertiary alicyclic amines) is 2. The van der Waals surface area contributed by atoms with E-state index in [1.807, 2.05) is 24.0 Å². The number of nitrogens with zero attached hydrogens (tertiary/aromatic N) is 4. The first-order valence-corrected chi connectivity index (χ1v) is 11.3. The van der Waals surface area contributed by atoms with E-state index in [9.17, 15) is 9.59 Å². The number of amides is 2. The molecule has 6 nitrogen and oxygen atoms in total. The number of hydrogen-bond donors (Lipinski definition) is 0. The Kier molecular flexibility index (Phi) is 5.06. The molecule has 0 aromatic carbocycles. The number of pyridine rings is 1. The summed E-state index contributed by atoms with van der Waals surface area (Å²) < 4.78 is 0. The van der Waals surface area contributed by atoms with E-state index in [-0.39, 0.29) is 5.91 Å². The van der Waals surface area contributed by atoms with Crippen molar-refractivity contribution in [3.63, 3.8) is 0 Å². The van der Waals surface area contributed by atoms with E-state index in [1.165, 1.54) is 12.8 Å². The highest BCUT2D eigenvalue weighted by Crippen LogP contribution is 2.39. The lowest BCUT2D eigenvalue weighted by Crippen LogP contribution is -2.62. The van der Waals surface area contributed by atoms with Crippen molar-refractivity contribution in [3.05, 3.63) is 29.6 Å². The van der Waals surface area contributed by atoms with E-state index in [0.29, 0.717) is 29.8 Å². The molecule has 4 aliphatic rings. The number of aryl methyl sites for hydroxylation is 1. The lowest BCUT2D eigenvalue weighted by molar-refractivity contribution is -0.145. The van der Waals surface area contributed by atoms with Crippen molar-refractivity contribution in [2.45, 2.75) is 57.5 Å². The second-order valence-corrected chi connectivity index (χ2v) is 9.48. The predicted octanol–water partition coefficient (Wildman–Crippen LogP) is 2.33. The molecule has 2 bridgehead atoms. The summed E-state index contributed by atoms with van der Waals surface area (Å²) >= 11 is 0. The largest absolute Gasteiger partial charge is 0.339 e. The number of piperidine rings is 4. The summed E-state index contributed by atoms with van der Waals surface area (Å²) in [4.78, 5) is 36.4. The van der Waals surface area contributed by atoms with Gasteiger partial charge in [0.25, 0.3) is 5.91 Å². The Hall–Kier alpha value is -1.95. The van der Waals surface area contributed by atoms with E-state index >= 15 is 0 Å². The van der Waals surface area contributed by atoms with Crippen LogP contribution in [0.4, 0.5) is 0 Å². The second-order valence-electron chi connectivity index (χ2n) is 9.48. The average molecular weight is 397 g/mol. The third-order valence-corrected chi connectivity index (χ3v) is 7.71. The maximum atomic E-state index is 12.9. The number of aromatic nitrogens is 1. The molecule has 156 valence electrons. The van der Waals surface area contributed by atoms with E-state index in [4.69, 9.17) is 0 Å². The second kappa shape index (κ2) is 7.71. The van der Waals surface area contributed by atoms with Crippen LogP contribution in [0.2, 0.25) is 0 Å². The van der Waals surface area contributed by atoms with E-state index in [0.717, 1.165) is 69.7 Å². The summed E-state index contributed by atoms with van der Waals surface area (Å²) in [6.45, 7) is 6.79. The monoisotopic (exact) mass is 396 g/mol. The maximum Gasteiger partial charge on any atom is 0.255 e. The van der Waals surface area contributed by atoms with E-state index in [1.54, 1.807) is 6.20 Å². The van der Waals surface area contributed by atoms with Crippen LogP contribution in [0.15, 0.2) is 18.3 Å². The zero-order valence-corrected chi connectivity index (χ0v) is 17.4. The number of hydrogen-bond acceptors (Lipinski definition) is 4. The fraction of sp³-hybridized carbons (Fsp3) is 0.696. The molecule has 5 heterocycles. The third kappa shape index (κ3) is 3.56. The smallest absolute Gasteiger partial charge is 0.255 e. The van der Waals surface area contributed by atoms with Gasteiger partial charge in [0.15, 0.2) is 0 Å². The van der Waals surface area contributed by atoms with Gasteiger partial charge in [-0.15, -0.1) is 0 Å². The highest BCUT2D eigenvalue weighted by Gasteiger charge is 2.45. The van der Waals surface area contributed by atoms with Crippen LogP contribution in [-0.2, 0) is 4.79 Å². The summed E-state index contributed by atoms with van der Waals surface area (Å²) in [5.74, 6) is 1.79. The Morgan fingerprint density at radius 2 is 1.97 bits per heavy atom. The van der Waals surface area contributed by atoms with Crippen LogP contribution in [0.5, 0.6) is 0 Å². The van der Waals surface area contributed by atoms with Crippen molar-refractivity contribution in [2.75, 3.05) is 32.7 Å². The minimum atomic E-state index is 0.126. The summed E-state index contributed by atoms with van der Waals surface area (Å²) in [7, 11) is 0. The van der Waals surface area contributed by atoms with E-state index < -0.39 is 0 Å². The third-order valence-electron chi connectivity index (χ3n) is 7.71. The molecule has 2 amide bonds. The molecule has 5 rings (SSSR count). The van der Waals surface area contributed by atoms with Crippen LogP contribution in [-0.4, -0.2) is 76.3 Å². The van der Waals surface area contributed by atoms with E-state index in [2.05, 4.69) is 14.8 Å². The normalized spacial score (nSPS) is 30.9. The Labute approximate surface area is 173 Å². The molecule has 4 fully saturated rings. The highest BCUT2D eigenvalue weighted by molar-refractivity contribution is 5.95. The van der Waals surface area contributed by atoms with Gasteiger partial charge in [-0.25, -0.2) is 0 Å². The molecule has 4 aliphatic heterocycles. The first kappa shape index (κ1) is 19.0. The fourth-order valence-corrected chi connectivity index (χ4v) is 6.26. The summed E-state index contributed by atoms with van der Waals surface area (Å²) in [5.41, 5.74) is 1.55. The van der Waals surface area contributed by atoms with Crippen molar-refractivity contribution in [1.82, 2.24) is 19.7 Å². The molecular formula is C23H32N4O2. The molecule has 0 radical (unpaired) electrons. The maximum absolute atomic E-state index is 12.9. The molecule has 0 N–H and O–H groups in total. The molecule has 6 heteroatoms. The molecule has 0 aliphatic carbocycles. The average Bonchev–Trinajstić information content (AvgIpc) is 2.74. The molecule has 2 unspecified atom stereocenters. The SMILES string of the molecule is Cc1ncccc1C(=O)N1CCC(N2CC3CC(C2)[C@H]2CCCC(=O)N2C3)CC1. The minimum Gasteiger partial charge on any atom is -0.339 e. The Balaban J connectivity index is 1.20. The van der Waals surface area contributed by atoms with Gasteiger partial charge in [-0.05, 0) is 63.0 Å². The number of carbonyl (C=O) groups is 2. The number of carbonyl (C=O) groups excluding carboxylic acids is 2. The molecule has 0 spiro atoms. The van der Waals surface area contributed by atoms with Crippen LogP contribution in [0.25, 0.3) is 0 Å². The zero-order valence-electron chi connectivity index (χ0n) is 17.4. The van der Waals surface area contributed by atoms with Gasteiger partial charge in [0.05, 0.1) is 5.56 Å². The standard InChI is InChI=1S/C23H32N4O2/c1-16-20(4-3-9-24-16)23(29)25-10-7-19(8-11-25)26-13-17-12-18(15-26)21-5-2-6-22(28)27(21)14-17/h3-4,9,17-19,21H,2,5-8,10-15H2,1H3/t17?,18?,21-/m1/s1. The van der Waals surface area contributed by atoms with Gasteiger partial charge >= 0.3 is 0 Å². The Morgan fingerprint density at radius 1 is 1.14 bits per heavy atom. The van der Waals surface area contributed by atoms with Crippen molar-refractivity contribution in [2.24, 2.45) is 11.8 Å².